The molecule has 7 nitrogen and oxygen atoms in total. The smallest absolute Gasteiger partial charge is 0.254 e. The van der Waals surface area contributed by atoms with E-state index in [0.717, 1.165) is 30.5 Å². The van der Waals surface area contributed by atoms with E-state index in [1.807, 2.05) is 36.1 Å². The molecule has 3 heterocycles. The minimum Gasteiger partial charge on any atom is -0.339 e. The maximum atomic E-state index is 12.9. The number of hydrogen-bond donors (Lipinski definition) is 0. The van der Waals surface area contributed by atoms with Crippen LogP contribution in [0.1, 0.15) is 34.7 Å². The number of rotatable bonds is 4. The van der Waals surface area contributed by atoms with Gasteiger partial charge < -0.3 is 9.42 Å². The zero-order chi connectivity index (χ0) is 18.6. The third-order valence-corrected chi connectivity index (χ3v) is 4.91. The molecule has 1 atom stereocenters. The van der Waals surface area contributed by atoms with Crippen molar-refractivity contribution in [2.24, 2.45) is 5.92 Å². The highest BCUT2D eigenvalue weighted by atomic mass is 16.5. The number of carbonyl (C=O) groups is 1. The molecule has 138 valence electrons. The van der Waals surface area contributed by atoms with E-state index in [1.165, 1.54) is 0 Å². The van der Waals surface area contributed by atoms with Crippen LogP contribution in [-0.4, -0.2) is 44.0 Å². The molecule has 3 aromatic rings. The van der Waals surface area contributed by atoms with Crippen LogP contribution >= 0.6 is 0 Å². The van der Waals surface area contributed by atoms with Crippen molar-refractivity contribution in [3.05, 3.63) is 59.9 Å². The van der Waals surface area contributed by atoms with E-state index in [-0.39, 0.29) is 5.91 Å². The van der Waals surface area contributed by atoms with Crippen molar-refractivity contribution in [2.45, 2.75) is 26.2 Å². The Morgan fingerprint density at radius 1 is 1.30 bits per heavy atom. The van der Waals surface area contributed by atoms with E-state index in [2.05, 4.69) is 20.1 Å². The molecular weight excluding hydrogens is 342 g/mol. The highest BCUT2D eigenvalue weighted by molar-refractivity contribution is 5.95. The molecule has 0 saturated carbocycles. The van der Waals surface area contributed by atoms with Gasteiger partial charge in [-0.2, -0.15) is 4.98 Å². The van der Waals surface area contributed by atoms with Crippen LogP contribution in [0.4, 0.5) is 0 Å². The summed E-state index contributed by atoms with van der Waals surface area (Å²) in [5.74, 6) is 1.43. The number of amides is 1. The second-order valence-electron chi connectivity index (χ2n) is 6.88. The van der Waals surface area contributed by atoms with Gasteiger partial charge >= 0.3 is 0 Å². The van der Waals surface area contributed by atoms with Crippen molar-refractivity contribution in [1.82, 2.24) is 25.0 Å². The van der Waals surface area contributed by atoms with Gasteiger partial charge in [-0.15, -0.1) is 0 Å². The summed E-state index contributed by atoms with van der Waals surface area (Å²) in [6.45, 7) is 3.47. The molecule has 0 bridgehead atoms. The number of hydrogen-bond acceptors (Lipinski definition) is 6. The largest absolute Gasteiger partial charge is 0.339 e. The Morgan fingerprint density at radius 3 is 3.00 bits per heavy atom. The third kappa shape index (κ3) is 3.86. The van der Waals surface area contributed by atoms with Crippen molar-refractivity contribution >= 4 is 5.91 Å². The minimum absolute atomic E-state index is 0.101. The number of carbonyl (C=O) groups excluding carboxylic acids is 1. The third-order valence-electron chi connectivity index (χ3n) is 4.91. The number of piperidine rings is 1. The fraction of sp³-hybridized carbons (Fsp3) is 0.350. The molecule has 1 aliphatic heterocycles. The first-order valence-electron chi connectivity index (χ1n) is 9.14. The van der Waals surface area contributed by atoms with E-state index in [4.69, 9.17) is 4.52 Å². The fourth-order valence-corrected chi connectivity index (χ4v) is 3.50. The van der Waals surface area contributed by atoms with Gasteiger partial charge in [0.25, 0.3) is 5.91 Å². The first-order chi connectivity index (χ1) is 13.2. The van der Waals surface area contributed by atoms with Gasteiger partial charge in [-0.3, -0.25) is 9.78 Å². The topological polar surface area (TPSA) is 85.0 Å². The molecule has 1 aliphatic rings. The molecule has 1 unspecified atom stereocenters. The fourth-order valence-electron chi connectivity index (χ4n) is 3.50. The Balaban J connectivity index is 1.43. The van der Waals surface area contributed by atoms with Gasteiger partial charge in [0, 0.05) is 37.5 Å². The monoisotopic (exact) mass is 363 g/mol. The molecule has 0 radical (unpaired) electrons. The Labute approximate surface area is 157 Å². The zero-order valence-corrected chi connectivity index (χ0v) is 15.2. The number of benzene rings is 1. The number of likely N-dealkylation sites (tertiary alicyclic amines) is 1. The molecule has 0 spiro atoms. The molecule has 0 N–H and O–H groups in total. The maximum Gasteiger partial charge on any atom is 0.254 e. The lowest BCUT2D eigenvalue weighted by Crippen LogP contribution is -2.40. The molecule has 1 fully saturated rings. The maximum absolute atomic E-state index is 12.9. The Morgan fingerprint density at radius 2 is 2.19 bits per heavy atom. The van der Waals surface area contributed by atoms with Crippen LogP contribution in [0.5, 0.6) is 0 Å². The number of aryl methyl sites for hydroxylation is 1. The van der Waals surface area contributed by atoms with Gasteiger partial charge in [0.1, 0.15) is 5.69 Å². The minimum atomic E-state index is 0.101. The highest BCUT2D eigenvalue weighted by Crippen LogP contribution is 2.23. The van der Waals surface area contributed by atoms with Crippen LogP contribution in [0.3, 0.4) is 0 Å². The van der Waals surface area contributed by atoms with Crippen LogP contribution in [-0.2, 0) is 6.42 Å². The van der Waals surface area contributed by atoms with Crippen molar-refractivity contribution < 1.29 is 9.32 Å². The van der Waals surface area contributed by atoms with Crippen LogP contribution in [0.2, 0.25) is 0 Å². The molecule has 1 amide bonds. The van der Waals surface area contributed by atoms with Gasteiger partial charge in [-0.05, 0) is 37.3 Å². The number of aromatic nitrogens is 4. The summed E-state index contributed by atoms with van der Waals surface area (Å²) in [6, 6.07) is 7.73. The van der Waals surface area contributed by atoms with Crippen molar-refractivity contribution in [3.8, 4) is 11.5 Å². The predicted octanol–water partition coefficient (Wildman–Crippen LogP) is 2.93. The van der Waals surface area contributed by atoms with Gasteiger partial charge in [0.2, 0.25) is 11.7 Å². The summed E-state index contributed by atoms with van der Waals surface area (Å²) < 4.78 is 5.39. The Hall–Kier alpha value is -3.09. The Kier molecular flexibility index (Phi) is 4.91. The van der Waals surface area contributed by atoms with Crippen LogP contribution in [0.15, 0.2) is 47.4 Å². The van der Waals surface area contributed by atoms with Crippen molar-refractivity contribution in [1.29, 1.82) is 0 Å². The summed E-state index contributed by atoms with van der Waals surface area (Å²) in [4.78, 5) is 27.4. The second kappa shape index (κ2) is 7.65. The summed E-state index contributed by atoms with van der Waals surface area (Å²) >= 11 is 0. The Bertz CT molecular complexity index is 925. The van der Waals surface area contributed by atoms with Crippen LogP contribution in [0, 0.1) is 12.8 Å². The van der Waals surface area contributed by atoms with E-state index in [9.17, 15) is 4.79 Å². The second-order valence-corrected chi connectivity index (χ2v) is 6.88. The molecule has 1 aromatic carbocycles. The lowest BCUT2D eigenvalue weighted by Gasteiger charge is -2.32. The lowest BCUT2D eigenvalue weighted by molar-refractivity contribution is 0.0667. The molecule has 2 aromatic heterocycles. The van der Waals surface area contributed by atoms with Gasteiger partial charge in [0.05, 0.1) is 6.20 Å². The lowest BCUT2D eigenvalue weighted by atomic mass is 9.94. The summed E-state index contributed by atoms with van der Waals surface area (Å²) in [6.07, 6.45) is 7.49. The molecule has 4 rings (SSSR count). The average Bonchev–Trinajstić information content (AvgIpc) is 3.17. The molecule has 0 aliphatic carbocycles. The summed E-state index contributed by atoms with van der Waals surface area (Å²) in [7, 11) is 0. The first kappa shape index (κ1) is 17.3. The first-order valence-corrected chi connectivity index (χ1v) is 9.14. The van der Waals surface area contributed by atoms with Crippen molar-refractivity contribution in [2.75, 3.05) is 13.1 Å². The average molecular weight is 363 g/mol. The van der Waals surface area contributed by atoms with E-state index in [1.54, 1.807) is 18.6 Å². The van der Waals surface area contributed by atoms with Gasteiger partial charge in [-0.1, -0.05) is 23.4 Å². The standard InChI is InChI=1S/C20H21N5O2/c1-14-5-2-3-7-16(14)20(26)25-10-4-6-15(13-25)11-18-23-19(24-27-18)17-12-21-8-9-22-17/h2-3,5,7-9,12,15H,4,6,10-11,13H2,1H3. The van der Waals surface area contributed by atoms with Crippen LogP contribution < -0.4 is 0 Å². The van der Waals surface area contributed by atoms with Crippen molar-refractivity contribution in [3.63, 3.8) is 0 Å². The van der Waals surface area contributed by atoms with E-state index < -0.39 is 0 Å². The van der Waals surface area contributed by atoms with Gasteiger partial charge in [-0.25, -0.2) is 4.98 Å². The quantitative estimate of drug-likeness (QED) is 0.708. The SMILES string of the molecule is Cc1ccccc1C(=O)N1CCCC(Cc2nc(-c3cnccn3)no2)C1. The molecular formula is C20H21N5O2. The summed E-state index contributed by atoms with van der Waals surface area (Å²) in [5.41, 5.74) is 2.38. The normalized spacial score (nSPS) is 17.1. The zero-order valence-electron chi connectivity index (χ0n) is 15.2. The molecule has 7 heteroatoms. The summed E-state index contributed by atoms with van der Waals surface area (Å²) in [5, 5.41) is 4.00. The molecule has 27 heavy (non-hydrogen) atoms. The van der Waals surface area contributed by atoms with E-state index >= 15 is 0 Å². The van der Waals surface area contributed by atoms with Gasteiger partial charge in [0.15, 0.2) is 0 Å². The molecule has 1 saturated heterocycles. The number of nitrogens with zero attached hydrogens (tertiary/aromatic N) is 5. The van der Waals surface area contributed by atoms with Crippen LogP contribution in [0.25, 0.3) is 11.5 Å². The van der Waals surface area contributed by atoms with E-state index in [0.29, 0.717) is 36.3 Å². The highest BCUT2D eigenvalue weighted by Gasteiger charge is 2.26. The predicted molar refractivity (Wildman–Crippen MR) is 98.8 cm³/mol.